The molecule has 0 aromatic carbocycles. The second kappa shape index (κ2) is 8.20. The molecule has 0 unspecified atom stereocenters. The quantitative estimate of drug-likeness (QED) is 0.737. The molecule has 1 aliphatic heterocycles. The van der Waals surface area contributed by atoms with E-state index in [9.17, 15) is 8.42 Å². The molecule has 0 amide bonds. The van der Waals surface area contributed by atoms with Crippen LogP contribution in [-0.4, -0.2) is 72.8 Å². The Bertz CT molecular complexity index is 932. The van der Waals surface area contributed by atoms with Gasteiger partial charge in [0.15, 0.2) is 0 Å². The summed E-state index contributed by atoms with van der Waals surface area (Å²) in [5.74, 6) is 1.82. The van der Waals surface area contributed by atoms with Gasteiger partial charge >= 0.3 is 0 Å². The predicted molar refractivity (Wildman–Crippen MR) is 113 cm³/mol. The fraction of sp³-hybridized carbons (Fsp3) is 0.700. The molecule has 4 rings (SSSR count). The van der Waals surface area contributed by atoms with Gasteiger partial charge in [0, 0.05) is 39.5 Å². The zero-order valence-electron chi connectivity index (χ0n) is 17.4. The number of piperidine rings is 1. The van der Waals surface area contributed by atoms with Crippen molar-refractivity contribution in [1.29, 1.82) is 0 Å². The van der Waals surface area contributed by atoms with Crippen LogP contribution in [0.15, 0.2) is 18.6 Å². The highest BCUT2D eigenvalue weighted by Gasteiger charge is 2.38. The number of hydrogen-bond acceptors (Lipinski definition) is 6. The molecule has 29 heavy (non-hydrogen) atoms. The number of ether oxygens (including phenoxy) is 1. The summed E-state index contributed by atoms with van der Waals surface area (Å²) in [7, 11) is 0.561. The van der Waals surface area contributed by atoms with Crippen LogP contribution in [0, 0.1) is 11.8 Å². The Morgan fingerprint density at radius 2 is 2.03 bits per heavy atom. The minimum atomic E-state index is -3.20. The molecule has 1 saturated heterocycles. The first-order valence-electron chi connectivity index (χ1n) is 10.4. The van der Waals surface area contributed by atoms with Crippen LogP contribution >= 0.6 is 0 Å². The number of fused-ring (bicyclic) bond motifs is 1. The maximum absolute atomic E-state index is 12.9. The molecule has 2 aromatic heterocycles. The van der Waals surface area contributed by atoms with Gasteiger partial charge in [-0.05, 0) is 50.5 Å². The third-order valence-corrected chi connectivity index (χ3v) is 8.84. The molecule has 1 aliphatic carbocycles. The average Bonchev–Trinajstić information content (AvgIpc) is 3.18. The van der Waals surface area contributed by atoms with Gasteiger partial charge in [0.2, 0.25) is 10.0 Å². The van der Waals surface area contributed by atoms with Crippen molar-refractivity contribution in [2.75, 3.05) is 37.9 Å². The molecule has 1 saturated carbocycles. The topological polar surface area (TPSA) is 91.4 Å². The van der Waals surface area contributed by atoms with E-state index >= 15 is 0 Å². The summed E-state index contributed by atoms with van der Waals surface area (Å²) < 4.78 is 32.9. The number of aromatic amines is 1. The fourth-order valence-electron chi connectivity index (χ4n) is 4.68. The highest BCUT2D eigenvalue weighted by atomic mass is 32.2. The number of nitrogens with one attached hydrogen (secondary N) is 1. The number of hydrogen-bond donors (Lipinski definition) is 1. The van der Waals surface area contributed by atoms with Gasteiger partial charge in [0.05, 0.1) is 17.2 Å². The van der Waals surface area contributed by atoms with Crippen molar-refractivity contribution >= 4 is 26.9 Å². The molecule has 0 radical (unpaired) electrons. The van der Waals surface area contributed by atoms with Crippen LogP contribution < -0.4 is 4.90 Å². The lowest BCUT2D eigenvalue weighted by atomic mass is 9.81. The standard InChI is InChI=1S/C20H31N5O3S/c1-14(28-3)16-5-8-25(9-6-16)29(26,27)12-15-10-17(11-15)24(2)20-18-4-7-21-19(18)22-13-23-20/h4,7,13-17H,5-6,8-12H2,1-3H3,(H,21,22,23)/t14-,15?,17?/m0/s1. The Balaban J connectivity index is 1.31. The van der Waals surface area contributed by atoms with E-state index < -0.39 is 10.0 Å². The van der Waals surface area contributed by atoms with E-state index in [1.165, 1.54) is 0 Å². The van der Waals surface area contributed by atoms with Crippen molar-refractivity contribution in [2.45, 2.75) is 44.8 Å². The number of nitrogens with zero attached hydrogens (tertiary/aromatic N) is 4. The summed E-state index contributed by atoms with van der Waals surface area (Å²) in [6.07, 6.45) is 7.14. The molecule has 2 aromatic rings. The lowest BCUT2D eigenvalue weighted by Crippen LogP contribution is -2.48. The fourth-order valence-corrected chi connectivity index (χ4v) is 6.53. The van der Waals surface area contributed by atoms with Gasteiger partial charge in [0.1, 0.15) is 17.8 Å². The van der Waals surface area contributed by atoms with Gasteiger partial charge in [-0.1, -0.05) is 0 Å². The highest BCUT2D eigenvalue weighted by Crippen LogP contribution is 2.36. The Labute approximate surface area is 172 Å². The van der Waals surface area contributed by atoms with Crippen LogP contribution in [0.25, 0.3) is 11.0 Å². The summed E-state index contributed by atoms with van der Waals surface area (Å²) >= 11 is 0. The first-order chi connectivity index (χ1) is 13.9. The van der Waals surface area contributed by atoms with Crippen molar-refractivity contribution in [1.82, 2.24) is 19.3 Å². The molecule has 2 aliphatic rings. The molecule has 160 valence electrons. The van der Waals surface area contributed by atoms with E-state index in [1.54, 1.807) is 17.7 Å². The number of methoxy groups -OCH3 is 1. The molecule has 3 heterocycles. The minimum Gasteiger partial charge on any atom is -0.381 e. The molecule has 1 atom stereocenters. The van der Waals surface area contributed by atoms with Crippen molar-refractivity contribution in [2.24, 2.45) is 11.8 Å². The minimum absolute atomic E-state index is 0.191. The van der Waals surface area contributed by atoms with Gasteiger partial charge in [0.25, 0.3) is 0 Å². The SMILES string of the molecule is CO[C@@H](C)C1CCN(S(=O)(=O)CC2CC(N(C)c3ncnc4[nH]ccc34)C2)CC1. The molecule has 8 nitrogen and oxygen atoms in total. The van der Waals surface area contributed by atoms with E-state index in [4.69, 9.17) is 4.74 Å². The number of sulfonamides is 1. The number of H-pyrrole nitrogens is 1. The van der Waals surface area contributed by atoms with Crippen molar-refractivity contribution in [3.63, 3.8) is 0 Å². The van der Waals surface area contributed by atoms with Gasteiger partial charge in [-0.15, -0.1) is 0 Å². The van der Waals surface area contributed by atoms with Gasteiger partial charge in [-0.2, -0.15) is 0 Å². The molecule has 2 fully saturated rings. The van der Waals surface area contributed by atoms with Crippen molar-refractivity contribution in [3.05, 3.63) is 18.6 Å². The van der Waals surface area contributed by atoms with Crippen molar-refractivity contribution in [3.8, 4) is 0 Å². The van der Waals surface area contributed by atoms with Crippen LogP contribution in [-0.2, 0) is 14.8 Å². The van der Waals surface area contributed by atoms with Crippen LogP contribution in [0.2, 0.25) is 0 Å². The van der Waals surface area contributed by atoms with E-state index in [1.807, 2.05) is 19.3 Å². The number of rotatable bonds is 7. The van der Waals surface area contributed by atoms with Crippen LogP contribution in [0.1, 0.15) is 32.6 Å². The number of aromatic nitrogens is 3. The maximum Gasteiger partial charge on any atom is 0.214 e. The molecule has 1 N–H and O–H groups in total. The third-order valence-electron chi connectivity index (χ3n) is 6.80. The molecule has 9 heteroatoms. The Morgan fingerprint density at radius 3 is 2.72 bits per heavy atom. The van der Waals surface area contributed by atoms with Gasteiger partial charge in [-0.3, -0.25) is 0 Å². The zero-order chi connectivity index (χ0) is 20.6. The highest BCUT2D eigenvalue weighted by molar-refractivity contribution is 7.89. The first-order valence-corrected chi connectivity index (χ1v) is 12.0. The van der Waals surface area contributed by atoms with Crippen LogP contribution in [0.5, 0.6) is 0 Å². The van der Waals surface area contributed by atoms with Gasteiger partial charge in [-0.25, -0.2) is 22.7 Å². The van der Waals surface area contributed by atoms with Gasteiger partial charge < -0.3 is 14.6 Å². The Morgan fingerprint density at radius 1 is 1.31 bits per heavy atom. The summed E-state index contributed by atoms with van der Waals surface area (Å²) in [6.45, 7) is 3.30. The maximum atomic E-state index is 12.9. The van der Waals surface area contributed by atoms with Crippen LogP contribution in [0.4, 0.5) is 5.82 Å². The Hall–Kier alpha value is -1.71. The zero-order valence-corrected chi connectivity index (χ0v) is 18.2. The first kappa shape index (κ1) is 20.6. The van der Waals surface area contributed by atoms with E-state index in [0.717, 1.165) is 42.5 Å². The van der Waals surface area contributed by atoms with E-state index in [-0.39, 0.29) is 17.8 Å². The normalized spacial score (nSPS) is 25.1. The summed E-state index contributed by atoms with van der Waals surface area (Å²) in [5.41, 5.74) is 0.825. The second-order valence-electron chi connectivity index (χ2n) is 8.50. The Kier molecular flexibility index (Phi) is 5.81. The largest absolute Gasteiger partial charge is 0.381 e. The smallest absolute Gasteiger partial charge is 0.214 e. The second-order valence-corrected chi connectivity index (χ2v) is 10.5. The molecular formula is C20H31N5O3S. The van der Waals surface area contributed by atoms with E-state index in [2.05, 4.69) is 26.8 Å². The number of anilines is 1. The molecular weight excluding hydrogens is 390 g/mol. The van der Waals surface area contributed by atoms with E-state index in [0.29, 0.717) is 25.0 Å². The summed E-state index contributed by atoms with van der Waals surface area (Å²) in [5, 5.41) is 0.999. The molecule has 0 bridgehead atoms. The predicted octanol–water partition coefficient (Wildman–Crippen LogP) is 2.25. The monoisotopic (exact) mass is 421 g/mol. The third kappa shape index (κ3) is 4.13. The summed E-state index contributed by atoms with van der Waals surface area (Å²) in [6, 6.07) is 2.30. The summed E-state index contributed by atoms with van der Waals surface area (Å²) in [4.78, 5) is 14.0. The molecule has 0 spiro atoms. The van der Waals surface area contributed by atoms with Crippen molar-refractivity contribution < 1.29 is 13.2 Å². The average molecular weight is 422 g/mol. The van der Waals surface area contributed by atoms with Crippen LogP contribution in [0.3, 0.4) is 0 Å². The lowest BCUT2D eigenvalue weighted by Gasteiger charge is -2.42. The lowest BCUT2D eigenvalue weighted by molar-refractivity contribution is 0.0450.